The average Bonchev–Trinajstić information content (AvgIpc) is 3.16. The summed E-state index contributed by atoms with van der Waals surface area (Å²) in [7, 11) is 8.38. The number of nitrogens with one attached hydrogen (secondary N) is 1. The second kappa shape index (κ2) is 11.1. The molecule has 0 fully saturated rings. The molecule has 37 heavy (non-hydrogen) atoms. The summed E-state index contributed by atoms with van der Waals surface area (Å²) in [5, 5.41) is 3.16. The van der Waals surface area contributed by atoms with Crippen molar-refractivity contribution in [3.63, 3.8) is 0 Å². The molecule has 1 atom stereocenters. The highest BCUT2D eigenvalue weighted by atomic mass is 35.5. The summed E-state index contributed by atoms with van der Waals surface area (Å²) in [6.07, 6.45) is 1.19. The molecule has 1 aliphatic rings. The quantitative estimate of drug-likeness (QED) is 0.442. The smallest absolute Gasteiger partial charge is 0.251 e. The van der Waals surface area contributed by atoms with Gasteiger partial charge in [-0.25, -0.2) is 0 Å². The number of fused-ring (bicyclic) bond motifs is 3. The minimum absolute atomic E-state index is 0.139. The highest BCUT2D eigenvalue weighted by Crippen LogP contribution is 2.50. The molecule has 194 valence electrons. The third-order valence-corrected chi connectivity index (χ3v) is 6.98. The summed E-state index contributed by atoms with van der Waals surface area (Å²) in [5.41, 5.74) is 5.15. The van der Waals surface area contributed by atoms with Crippen molar-refractivity contribution in [3.05, 3.63) is 81.0 Å². The Morgan fingerprint density at radius 3 is 2.30 bits per heavy atom. The van der Waals surface area contributed by atoms with E-state index in [0.717, 1.165) is 22.3 Å². The fourth-order valence-corrected chi connectivity index (χ4v) is 4.99. The molecule has 4 rings (SSSR count). The number of nitrogens with zero attached hydrogens (tertiary/aromatic N) is 1. The first-order chi connectivity index (χ1) is 17.8. The molecule has 0 radical (unpaired) electrons. The molecule has 1 aliphatic carbocycles. The number of alkyl halides is 1. The number of aryl methyl sites for hydroxylation is 1. The van der Waals surface area contributed by atoms with Gasteiger partial charge in [0.1, 0.15) is 0 Å². The molecule has 3 aromatic rings. The van der Waals surface area contributed by atoms with Crippen LogP contribution in [-0.4, -0.2) is 41.3 Å². The lowest BCUT2D eigenvalue weighted by Crippen LogP contribution is -2.29. The number of anilines is 1. The van der Waals surface area contributed by atoms with Gasteiger partial charge in [-0.15, -0.1) is 11.6 Å². The fourth-order valence-electron chi connectivity index (χ4n) is 4.81. The second-order valence-corrected chi connectivity index (χ2v) is 9.33. The van der Waals surface area contributed by atoms with Gasteiger partial charge in [0.2, 0.25) is 11.2 Å². The normalized spacial score (nSPS) is 14.1. The minimum Gasteiger partial charge on any atom is -0.493 e. The van der Waals surface area contributed by atoms with Crippen LogP contribution in [0.4, 0.5) is 5.69 Å². The predicted molar refractivity (Wildman–Crippen MR) is 147 cm³/mol. The third kappa shape index (κ3) is 5.09. The van der Waals surface area contributed by atoms with Crippen molar-refractivity contribution >= 4 is 23.2 Å². The number of hydrogen-bond donors (Lipinski definition) is 1. The molecule has 0 spiro atoms. The maximum Gasteiger partial charge on any atom is 0.251 e. The van der Waals surface area contributed by atoms with Crippen LogP contribution in [0.15, 0.2) is 53.3 Å². The summed E-state index contributed by atoms with van der Waals surface area (Å²) in [5.74, 6) is 1.70. The number of methoxy groups -OCH3 is 3. The molecule has 0 heterocycles. The van der Waals surface area contributed by atoms with Crippen molar-refractivity contribution in [2.24, 2.45) is 0 Å². The fraction of sp³-hybridized carbons (Fsp3) is 0.310. The number of halogens is 1. The van der Waals surface area contributed by atoms with E-state index in [1.54, 1.807) is 50.5 Å². The van der Waals surface area contributed by atoms with Crippen molar-refractivity contribution in [2.75, 3.05) is 40.3 Å². The van der Waals surface area contributed by atoms with Crippen LogP contribution in [0.3, 0.4) is 0 Å². The maximum absolute atomic E-state index is 13.3. The maximum atomic E-state index is 13.3. The van der Waals surface area contributed by atoms with Crippen LogP contribution in [0.25, 0.3) is 11.1 Å². The summed E-state index contributed by atoms with van der Waals surface area (Å²) >= 11 is 5.90. The van der Waals surface area contributed by atoms with E-state index < -0.39 is 6.04 Å². The molecule has 3 aromatic carbocycles. The largest absolute Gasteiger partial charge is 0.493 e. The van der Waals surface area contributed by atoms with Gasteiger partial charge in [-0.1, -0.05) is 18.2 Å². The third-order valence-electron chi connectivity index (χ3n) is 6.67. The SMILES string of the molecule is COc1cc2c(c(OC)c1OC)-c1ccc(N(C)C)c(=O)cc1C(NC(=O)c1ccc(CCl)cc1)CC2. The van der Waals surface area contributed by atoms with E-state index in [1.807, 2.05) is 38.4 Å². The monoisotopic (exact) mass is 522 g/mol. The van der Waals surface area contributed by atoms with Gasteiger partial charge < -0.3 is 24.4 Å². The van der Waals surface area contributed by atoms with Crippen molar-refractivity contribution in [1.82, 2.24) is 5.32 Å². The van der Waals surface area contributed by atoms with Crippen LogP contribution in [0.1, 0.15) is 39.5 Å². The van der Waals surface area contributed by atoms with Gasteiger partial charge in [0.15, 0.2) is 11.5 Å². The van der Waals surface area contributed by atoms with Crippen LogP contribution in [0.2, 0.25) is 0 Å². The van der Waals surface area contributed by atoms with E-state index in [2.05, 4.69) is 5.32 Å². The summed E-state index contributed by atoms with van der Waals surface area (Å²) in [4.78, 5) is 28.3. The van der Waals surface area contributed by atoms with Crippen LogP contribution >= 0.6 is 11.6 Å². The molecule has 0 bridgehead atoms. The lowest BCUT2D eigenvalue weighted by Gasteiger charge is -2.20. The number of hydrogen-bond acceptors (Lipinski definition) is 6. The van der Waals surface area contributed by atoms with Gasteiger partial charge in [-0.2, -0.15) is 0 Å². The van der Waals surface area contributed by atoms with E-state index in [9.17, 15) is 9.59 Å². The van der Waals surface area contributed by atoms with Gasteiger partial charge in [0.25, 0.3) is 5.91 Å². The molecular formula is C29H31ClN2O5. The molecule has 1 amide bonds. The van der Waals surface area contributed by atoms with Crippen LogP contribution in [0, 0.1) is 0 Å². The number of benzene rings is 2. The Morgan fingerprint density at radius 2 is 1.70 bits per heavy atom. The van der Waals surface area contributed by atoms with Crippen molar-refractivity contribution < 1.29 is 19.0 Å². The lowest BCUT2D eigenvalue weighted by atomic mass is 9.95. The molecule has 0 saturated carbocycles. The first-order valence-corrected chi connectivity index (χ1v) is 12.5. The molecule has 0 aliphatic heterocycles. The number of rotatable bonds is 7. The van der Waals surface area contributed by atoms with Gasteiger partial charge in [-0.3, -0.25) is 9.59 Å². The van der Waals surface area contributed by atoms with Crippen LogP contribution < -0.4 is 29.9 Å². The predicted octanol–water partition coefficient (Wildman–Crippen LogP) is 4.96. The van der Waals surface area contributed by atoms with Gasteiger partial charge >= 0.3 is 0 Å². The van der Waals surface area contributed by atoms with E-state index in [1.165, 1.54) is 0 Å². The molecular weight excluding hydrogens is 492 g/mol. The van der Waals surface area contributed by atoms with Gasteiger partial charge in [-0.05, 0) is 65.4 Å². The van der Waals surface area contributed by atoms with Gasteiger partial charge in [0, 0.05) is 31.1 Å². The van der Waals surface area contributed by atoms with Crippen molar-refractivity contribution in [1.29, 1.82) is 0 Å². The average molecular weight is 523 g/mol. The molecule has 0 aromatic heterocycles. The van der Waals surface area contributed by atoms with Gasteiger partial charge in [0.05, 0.1) is 33.1 Å². The van der Waals surface area contributed by atoms with E-state index in [4.69, 9.17) is 25.8 Å². The molecule has 1 N–H and O–H groups in total. The summed E-state index contributed by atoms with van der Waals surface area (Å²) in [6.45, 7) is 0. The number of carbonyl (C=O) groups excluding carboxylic acids is 1. The first-order valence-electron chi connectivity index (χ1n) is 12.0. The summed E-state index contributed by atoms with van der Waals surface area (Å²) < 4.78 is 17.1. The Balaban J connectivity index is 1.92. The Morgan fingerprint density at radius 1 is 1.00 bits per heavy atom. The highest BCUT2D eigenvalue weighted by Gasteiger charge is 2.30. The van der Waals surface area contributed by atoms with Crippen LogP contribution in [-0.2, 0) is 12.3 Å². The number of carbonyl (C=O) groups is 1. The Kier molecular flexibility index (Phi) is 7.93. The van der Waals surface area contributed by atoms with Crippen LogP contribution in [0.5, 0.6) is 17.2 Å². The number of amides is 1. The molecule has 7 nitrogen and oxygen atoms in total. The van der Waals surface area contributed by atoms with E-state index in [0.29, 0.717) is 52.8 Å². The number of ether oxygens (including phenoxy) is 3. The molecule has 1 unspecified atom stereocenters. The second-order valence-electron chi connectivity index (χ2n) is 9.07. The minimum atomic E-state index is -0.417. The molecule has 8 heteroatoms. The zero-order valence-corrected chi connectivity index (χ0v) is 22.4. The van der Waals surface area contributed by atoms with E-state index in [-0.39, 0.29) is 11.3 Å². The summed E-state index contributed by atoms with van der Waals surface area (Å²) in [6, 6.07) is 14.0. The zero-order chi connectivity index (χ0) is 26.7. The highest BCUT2D eigenvalue weighted by molar-refractivity contribution is 6.17. The zero-order valence-electron chi connectivity index (χ0n) is 21.7. The topological polar surface area (TPSA) is 77.1 Å². The standard InChI is InChI=1S/C29H31ClN2O5/c1-32(2)23-13-11-20-21(15-24(23)33)22(31-29(34)18-8-6-17(16-30)7-9-18)12-10-19-14-25(35-3)27(36-4)28(37-5)26(19)20/h6-9,11,13-15,22H,10,12,16H2,1-5H3,(H,31,34). The Labute approximate surface area is 221 Å². The Bertz CT molecular complexity index is 1370. The molecule has 0 saturated heterocycles. The van der Waals surface area contributed by atoms with Crippen molar-refractivity contribution in [3.8, 4) is 28.4 Å². The lowest BCUT2D eigenvalue weighted by molar-refractivity contribution is 0.0935. The first kappa shape index (κ1) is 26.4. The van der Waals surface area contributed by atoms with Crippen molar-refractivity contribution in [2.45, 2.75) is 24.8 Å². The Hall–Kier alpha value is -3.71. The van der Waals surface area contributed by atoms with E-state index >= 15 is 0 Å².